The topological polar surface area (TPSA) is 21.3 Å². The lowest BCUT2D eigenvalue weighted by Crippen LogP contribution is -2.15. The Morgan fingerprint density at radius 2 is 1.91 bits per heavy atom. The van der Waals surface area contributed by atoms with Gasteiger partial charge in [-0.05, 0) is 38.8 Å². The molecule has 0 aromatic carbocycles. The summed E-state index contributed by atoms with van der Waals surface area (Å²) >= 11 is 0. The van der Waals surface area contributed by atoms with Crippen molar-refractivity contribution in [1.29, 1.82) is 0 Å². The minimum absolute atomic E-state index is 0.910. The lowest BCUT2D eigenvalue weighted by atomic mass is 10.2. The molecule has 0 saturated heterocycles. The molecule has 0 bridgehead atoms. The zero-order valence-corrected chi connectivity index (χ0v) is 7.86. The van der Waals surface area contributed by atoms with Crippen LogP contribution in [0.2, 0.25) is 0 Å². The Kier molecular flexibility index (Phi) is 9.85. The van der Waals surface area contributed by atoms with Crippen LogP contribution in [0, 0.1) is 0 Å². The summed E-state index contributed by atoms with van der Waals surface area (Å²) in [5.74, 6) is 0. The number of methoxy groups -OCH3 is 1. The van der Waals surface area contributed by atoms with Crippen LogP contribution in [-0.4, -0.2) is 26.8 Å². The summed E-state index contributed by atoms with van der Waals surface area (Å²) in [6, 6.07) is 0. The molecule has 0 aromatic heterocycles. The lowest BCUT2D eigenvalue weighted by molar-refractivity contribution is 0.192. The van der Waals surface area contributed by atoms with Gasteiger partial charge in [0.1, 0.15) is 0 Å². The first-order valence-corrected chi connectivity index (χ1v) is 4.61. The molecule has 0 fully saturated rings. The number of nitrogens with one attached hydrogen (secondary N) is 1. The minimum atomic E-state index is 0.910. The van der Waals surface area contributed by atoms with Gasteiger partial charge in [0.2, 0.25) is 0 Å². The van der Waals surface area contributed by atoms with E-state index in [-0.39, 0.29) is 0 Å². The van der Waals surface area contributed by atoms with Crippen molar-refractivity contribution in [2.75, 3.05) is 26.8 Å². The van der Waals surface area contributed by atoms with E-state index in [0.717, 1.165) is 19.7 Å². The average Bonchev–Trinajstić information content (AvgIpc) is 2.03. The highest BCUT2D eigenvalue weighted by molar-refractivity contribution is 4.46. The third kappa shape index (κ3) is 9.92. The Bertz CT molecular complexity index is 58.6. The van der Waals surface area contributed by atoms with Crippen molar-refractivity contribution in [2.24, 2.45) is 0 Å². The van der Waals surface area contributed by atoms with Gasteiger partial charge in [0.05, 0.1) is 0 Å². The van der Waals surface area contributed by atoms with Crippen molar-refractivity contribution >= 4 is 0 Å². The van der Waals surface area contributed by atoms with Crippen LogP contribution in [0.25, 0.3) is 0 Å². The molecular weight excluding hydrogens is 138 g/mol. The second-order valence-electron chi connectivity index (χ2n) is 2.80. The molecule has 2 heteroatoms. The van der Waals surface area contributed by atoms with Crippen LogP contribution in [0.1, 0.15) is 32.6 Å². The van der Waals surface area contributed by atoms with Gasteiger partial charge in [0.15, 0.2) is 0 Å². The van der Waals surface area contributed by atoms with Crippen LogP contribution < -0.4 is 5.32 Å². The van der Waals surface area contributed by atoms with Crippen molar-refractivity contribution in [3.63, 3.8) is 0 Å². The van der Waals surface area contributed by atoms with Gasteiger partial charge in [0.25, 0.3) is 0 Å². The monoisotopic (exact) mass is 159 g/mol. The highest BCUT2D eigenvalue weighted by Crippen LogP contribution is 1.93. The number of hydrogen-bond donors (Lipinski definition) is 1. The second kappa shape index (κ2) is 9.92. The quantitative estimate of drug-likeness (QED) is 0.545. The van der Waals surface area contributed by atoms with Crippen molar-refractivity contribution < 1.29 is 4.74 Å². The van der Waals surface area contributed by atoms with E-state index >= 15 is 0 Å². The summed E-state index contributed by atoms with van der Waals surface area (Å²) in [7, 11) is 1.76. The van der Waals surface area contributed by atoms with E-state index < -0.39 is 0 Å². The molecular formula is C9H21NO. The lowest BCUT2D eigenvalue weighted by Gasteiger charge is -2.01. The van der Waals surface area contributed by atoms with Gasteiger partial charge >= 0.3 is 0 Å². The summed E-state index contributed by atoms with van der Waals surface area (Å²) < 4.78 is 4.95. The van der Waals surface area contributed by atoms with Gasteiger partial charge in [-0.25, -0.2) is 0 Å². The fourth-order valence-corrected chi connectivity index (χ4v) is 0.975. The van der Waals surface area contributed by atoms with E-state index in [0.29, 0.717) is 0 Å². The van der Waals surface area contributed by atoms with Crippen LogP contribution in [0.4, 0.5) is 0 Å². The fourth-order valence-electron chi connectivity index (χ4n) is 0.975. The average molecular weight is 159 g/mol. The van der Waals surface area contributed by atoms with E-state index in [1.807, 2.05) is 0 Å². The molecule has 0 aliphatic rings. The Morgan fingerprint density at radius 1 is 1.09 bits per heavy atom. The van der Waals surface area contributed by atoms with Crippen LogP contribution in [-0.2, 0) is 4.74 Å². The smallest absolute Gasteiger partial charge is 0.0462 e. The highest BCUT2D eigenvalue weighted by atomic mass is 16.5. The Balaban J connectivity index is 2.69. The van der Waals surface area contributed by atoms with Gasteiger partial charge in [-0.1, -0.05) is 6.92 Å². The zero-order valence-electron chi connectivity index (χ0n) is 7.86. The van der Waals surface area contributed by atoms with E-state index in [4.69, 9.17) is 4.74 Å². The number of rotatable bonds is 8. The fraction of sp³-hybridized carbons (Fsp3) is 1.00. The summed E-state index contributed by atoms with van der Waals surface area (Å²) in [5, 5.41) is 3.37. The molecule has 11 heavy (non-hydrogen) atoms. The molecule has 0 atom stereocenters. The van der Waals surface area contributed by atoms with Gasteiger partial charge in [-0.15, -0.1) is 0 Å². The highest BCUT2D eigenvalue weighted by Gasteiger charge is 1.87. The molecule has 0 radical (unpaired) electrons. The molecule has 0 rings (SSSR count). The van der Waals surface area contributed by atoms with Crippen molar-refractivity contribution in [2.45, 2.75) is 32.6 Å². The Hall–Kier alpha value is -0.0800. The molecule has 0 aromatic rings. The maximum Gasteiger partial charge on any atom is 0.0462 e. The van der Waals surface area contributed by atoms with E-state index in [9.17, 15) is 0 Å². The molecule has 68 valence electrons. The van der Waals surface area contributed by atoms with Crippen molar-refractivity contribution in [3.05, 3.63) is 0 Å². The maximum atomic E-state index is 4.95. The Morgan fingerprint density at radius 3 is 2.55 bits per heavy atom. The predicted octanol–water partition coefficient (Wildman–Crippen LogP) is 1.80. The Labute approximate surface area is 70.3 Å². The van der Waals surface area contributed by atoms with E-state index in [1.165, 1.54) is 25.7 Å². The molecule has 0 aliphatic heterocycles. The number of unbranched alkanes of at least 4 members (excludes halogenated alkanes) is 2. The van der Waals surface area contributed by atoms with Crippen molar-refractivity contribution in [1.82, 2.24) is 5.32 Å². The summed E-state index contributed by atoms with van der Waals surface area (Å²) in [6.07, 6.45) is 5.00. The summed E-state index contributed by atoms with van der Waals surface area (Å²) in [5.41, 5.74) is 0. The largest absolute Gasteiger partial charge is 0.385 e. The van der Waals surface area contributed by atoms with E-state index in [1.54, 1.807) is 7.11 Å². The van der Waals surface area contributed by atoms with Crippen LogP contribution >= 0.6 is 0 Å². The van der Waals surface area contributed by atoms with Gasteiger partial charge in [-0.3, -0.25) is 0 Å². The predicted molar refractivity (Wildman–Crippen MR) is 48.9 cm³/mol. The van der Waals surface area contributed by atoms with Crippen LogP contribution in [0.3, 0.4) is 0 Å². The standard InChI is InChI=1S/C9H21NO/c1-3-7-10-8-5-4-6-9-11-2/h10H,3-9H2,1-2H3. The first kappa shape index (κ1) is 10.9. The number of hydrogen-bond acceptors (Lipinski definition) is 2. The van der Waals surface area contributed by atoms with Crippen LogP contribution in [0.15, 0.2) is 0 Å². The maximum absolute atomic E-state index is 4.95. The normalized spacial score (nSPS) is 10.4. The SMILES string of the molecule is CCCNCCCCCOC. The second-order valence-corrected chi connectivity index (χ2v) is 2.80. The molecule has 0 spiro atoms. The molecule has 0 aliphatic carbocycles. The van der Waals surface area contributed by atoms with E-state index in [2.05, 4.69) is 12.2 Å². The third-order valence-corrected chi connectivity index (χ3v) is 1.63. The summed E-state index contributed by atoms with van der Waals surface area (Å²) in [4.78, 5) is 0. The van der Waals surface area contributed by atoms with Crippen LogP contribution in [0.5, 0.6) is 0 Å². The summed E-state index contributed by atoms with van der Waals surface area (Å²) in [6.45, 7) is 5.42. The molecule has 2 nitrogen and oxygen atoms in total. The number of ether oxygens (including phenoxy) is 1. The molecule has 1 N–H and O–H groups in total. The zero-order chi connectivity index (χ0) is 8.36. The first-order chi connectivity index (χ1) is 5.41. The van der Waals surface area contributed by atoms with Crippen molar-refractivity contribution in [3.8, 4) is 0 Å². The molecule has 0 unspecified atom stereocenters. The molecule has 0 amide bonds. The van der Waals surface area contributed by atoms with Gasteiger partial charge < -0.3 is 10.1 Å². The van der Waals surface area contributed by atoms with Gasteiger partial charge in [-0.2, -0.15) is 0 Å². The molecule has 0 heterocycles. The molecule has 0 saturated carbocycles. The first-order valence-electron chi connectivity index (χ1n) is 4.61. The minimum Gasteiger partial charge on any atom is -0.385 e. The third-order valence-electron chi connectivity index (χ3n) is 1.63. The van der Waals surface area contributed by atoms with Gasteiger partial charge in [0, 0.05) is 13.7 Å².